The molecule has 1 amide bonds. The van der Waals surface area contributed by atoms with Gasteiger partial charge in [0.1, 0.15) is 0 Å². The van der Waals surface area contributed by atoms with Crippen molar-refractivity contribution < 1.29 is 4.79 Å². The van der Waals surface area contributed by atoms with E-state index in [0.29, 0.717) is 11.8 Å². The van der Waals surface area contributed by atoms with Crippen LogP contribution >= 0.6 is 15.9 Å². The summed E-state index contributed by atoms with van der Waals surface area (Å²) in [5, 5.41) is 1.03. The first-order chi connectivity index (χ1) is 8.31. The van der Waals surface area contributed by atoms with Crippen LogP contribution < -0.4 is 0 Å². The van der Waals surface area contributed by atoms with E-state index in [2.05, 4.69) is 25.7 Å². The Balaban J connectivity index is 1.83. The Bertz CT molecular complexity index is 254. The van der Waals surface area contributed by atoms with Gasteiger partial charge >= 0.3 is 0 Å². The molecule has 1 saturated heterocycles. The van der Waals surface area contributed by atoms with Crippen LogP contribution in [-0.2, 0) is 4.79 Å². The predicted molar refractivity (Wildman–Crippen MR) is 73.4 cm³/mol. The Labute approximate surface area is 113 Å². The lowest BCUT2D eigenvalue weighted by atomic mass is 10.1. The van der Waals surface area contributed by atoms with Gasteiger partial charge in [0.2, 0.25) is 5.91 Å². The number of alkyl halides is 1. The molecule has 0 radical (unpaired) electrons. The van der Waals surface area contributed by atoms with E-state index >= 15 is 0 Å². The molecule has 0 unspecified atom stereocenters. The molecule has 1 saturated carbocycles. The molecular weight excluding hydrogens is 280 g/mol. The van der Waals surface area contributed by atoms with Crippen molar-refractivity contribution in [3.63, 3.8) is 0 Å². The van der Waals surface area contributed by atoms with E-state index in [-0.39, 0.29) is 0 Å². The molecule has 0 bridgehead atoms. The first kappa shape index (κ1) is 13.3. The minimum Gasteiger partial charge on any atom is -0.341 e. The molecule has 17 heavy (non-hydrogen) atoms. The number of halogens is 1. The molecule has 0 aromatic carbocycles. The van der Waals surface area contributed by atoms with Crippen molar-refractivity contribution in [2.24, 2.45) is 5.92 Å². The SMILES string of the molecule is O=C(C1CCCC1)N1CCCN(CCBr)CC1. The van der Waals surface area contributed by atoms with Crippen LogP contribution in [0.25, 0.3) is 0 Å². The second-order valence-corrected chi connectivity index (χ2v) is 5.98. The molecule has 98 valence electrons. The second-order valence-electron chi connectivity index (χ2n) is 5.19. The van der Waals surface area contributed by atoms with Crippen molar-refractivity contribution >= 4 is 21.8 Å². The summed E-state index contributed by atoms with van der Waals surface area (Å²) in [5.74, 6) is 0.779. The maximum atomic E-state index is 12.3. The molecule has 1 aliphatic heterocycles. The molecule has 0 spiro atoms. The molecule has 0 aromatic rings. The van der Waals surface area contributed by atoms with E-state index < -0.39 is 0 Å². The molecule has 1 aliphatic carbocycles. The highest BCUT2D eigenvalue weighted by molar-refractivity contribution is 9.09. The number of nitrogens with zero attached hydrogens (tertiary/aromatic N) is 2. The molecule has 2 rings (SSSR count). The summed E-state index contributed by atoms with van der Waals surface area (Å²) >= 11 is 3.49. The molecule has 0 aromatic heterocycles. The van der Waals surface area contributed by atoms with Gasteiger partial charge < -0.3 is 9.80 Å². The van der Waals surface area contributed by atoms with Gasteiger partial charge in [-0.15, -0.1) is 0 Å². The molecule has 2 aliphatic rings. The third kappa shape index (κ3) is 3.68. The van der Waals surface area contributed by atoms with Crippen LogP contribution in [0.5, 0.6) is 0 Å². The summed E-state index contributed by atoms with van der Waals surface area (Å²) in [7, 11) is 0. The first-order valence-electron chi connectivity index (χ1n) is 6.88. The van der Waals surface area contributed by atoms with Crippen LogP contribution in [0, 0.1) is 5.92 Å². The highest BCUT2D eigenvalue weighted by Gasteiger charge is 2.28. The smallest absolute Gasteiger partial charge is 0.225 e. The Morgan fingerprint density at radius 1 is 1.06 bits per heavy atom. The lowest BCUT2D eigenvalue weighted by molar-refractivity contribution is -0.135. The maximum absolute atomic E-state index is 12.3. The van der Waals surface area contributed by atoms with E-state index in [1.165, 1.54) is 12.8 Å². The van der Waals surface area contributed by atoms with Gasteiger partial charge in [-0.2, -0.15) is 0 Å². The van der Waals surface area contributed by atoms with Crippen molar-refractivity contribution in [3.05, 3.63) is 0 Å². The van der Waals surface area contributed by atoms with Gasteiger partial charge in [-0.25, -0.2) is 0 Å². The van der Waals surface area contributed by atoms with Crippen LogP contribution in [0.2, 0.25) is 0 Å². The maximum Gasteiger partial charge on any atom is 0.225 e. The van der Waals surface area contributed by atoms with Gasteiger partial charge in [0, 0.05) is 37.4 Å². The summed E-state index contributed by atoms with van der Waals surface area (Å²) < 4.78 is 0. The predicted octanol–water partition coefficient (Wildman–Crippen LogP) is 2.11. The van der Waals surface area contributed by atoms with Crippen molar-refractivity contribution in [2.75, 3.05) is 38.1 Å². The fourth-order valence-corrected chi connectivity index (χ4v) is 3.47. The molecule has 1 heterocycles. The van der Waals surface area contributed by atoms with Crippen molar-refractivity contribution in [1.29, 1.82) is 0 Å². The fraction of sp³-hybridized carbons (Fsp3) is 0.923. The zero-order valence-electron chi connectivity index (χ0n) is 10.5. The molecule has 0 atom stereocenters. The van der Waals surface area contributed by atoms with E-state index in [9.17, 15) is 4.79 Å². The average molecular weight is 303 g/mol. The molecule has 0 N–H and O–H groups in total. The minimum absolute atomic E-state index is 0.345. The first-order valence-corrected chi connectivity index (χ1v) is 8.00. The minimum atomic E-state index is 0.345. The quantitative estimate of drug-likeness (QED) is 0.746. The summed E-state index contributed by atoms with van der Waals surface area (Å²) in [4.78, 5) is 16.9. The lowest BCUT2D eigenvalue weighted by Gasteiger charge is -2.24. The Kier molecular flexibility index (Phi) is 5.29. The van der Waals surface area contributed by atoms with Crippen molar-refractivity contribution in [1.82, 2.24) is 9.80 Å². The van der Waals surface area contributed by atoms with Crippen LogP contribution in [-0.4, -0.2) is 53.8 Å². The van der Waals surface area contributed by atoms with E-state index in [0.717, 1.165) is 57.3 Å². The Hall–Kier alpha value is -0.0900. The zero-order chi connectivity index (χ0) is 12.1. The van der Waals surface area contributed by atoms with Gasteiger partial charge in [0.15, 0.2) is 0 Å². The molecule has 3 nitrogen and oxygen atoms in total. The standard InChI is InChI=1S/C13H23BrN2O/c14-6-9-15-7-3-8-16(11-10-15)13(17)12-4-1-2-5-12/h12H,1-11H2. The molecular formula is C13H23BrN2O. The van der Waals surface area contributed by atoms with Crippen LogP contribution in [0.15, 0.2) is 0 Å². The van der Waals surface area contributed by atoms with Gasteiger partial charge in [0.05, 0.1) is 0 Å². The van der Waals surface area contributed by atoms with E-state index in [1.807, 2.05) is 0 Å². The summed E-state index contributed by atoms with van der Waals surface area (Å²) in [6, 6.07) is 0. The highest BCUT2D eigenvalue weighted by atomic mass is 79.9. The van der Waals surface area contributed by atoms with Crippen molar-refractivity contribution in [3.8, 4) is 0 Å². The van der Waals surface area contributed by atoms with Crippen LogP contribution in [0.4, 0.5) is 0 Å². The molecule has 4 heteroatoms. The zero-order valence-corrected chi connectivity index (χ0v) is 12.1. The van der Waals surface area contributed by atoms with Gasteiger partial charge in [-0.1, -0.05) is 28.8 Å². The van der Waals surface area contributed by atoms with Gasteiger partial charge in [-0.3, -0.25) is 4.79 Å². The third-order valence-corrected chi connectivity index (χ3v) is 4.36. The summed E-state index contributed by atoms with van der Waals surface area (Å²) in [6.07, 6.45) is 5.88. The largest absolute Gasteiger partial charge is 0.341 e. The number of hydrogen-bond donors (Lipinski definition) is 0. The number of hydrogen-bond acceptors (Lipinski definition) is 2. The Morgan fingerprint density at radius 3 is 2.53 bits per heavy atom. The monoisotopic (exact) mass is 302 g/mol. The van der Waals surface area contributed by atoms with E-state index in [4.69, 9.17) is 0 Å². The van der Waals surface area contributed by atoms with Crippen LogP contribution in [0.1, 0.15) is 32.1 Å². The number of amides is 1. The summed E-state index contributed by atoms with van der Waals surface area (Å²) in [6.45, 7) is 5.19. The third-order valence-electron chi connectivity index (χ3n) is 4.01. The Morgan fingerprint density at radius 2 is 1.82 bits per heavy atom. The summed E-state index contributed by atoms with van der Waals surface area (Å²) in [5.41, 5.74) is 0. The number of rotatable bonds is 3. The van der Waals surface area contributed by atoms with Gasteiger partial charge in [-0.05, 0) is 25.8 Å². The van der Waals surface area contributed by atoms with Crippen LogP contribution in [0.3, 0.4) is 0 Å². The molecule has 2 fully saturated rings. The number of carbonyl (C=O) groups is 1. The van der Waals surface area contributed by atoms with Gasteiger partial charge in [0.25, 0.3) is 0 Å². The average Bonchev–Trinajstić information content (AvgIpc) is 2.76. The highest BCUT2D eigenvalue weighted by Crippen LogP contribution is 2.26. The van der Waals surface area contributed by atoms with Crippen molar-refractivity contribution in [2.45, 2.75) is 32.1 Å². The fourth-order valence-electron chi connectivity index (χ4n) is 2.97. The lowest BCUT2D eigenvalue weighted by Crippen LogP contribution is -2.38. The normalized spacial score (nSPS) is 23.9. The number of carbonyl (C=O) groups excluding carboxylic acids is 1. The second kappa shape index (κ2) is 6.74. The topological polar surface area (TPSA) is 23.6 Å². The van der Waals surface area contributed by atoms with E-state index in [1.54, 1.807) is 0 Å².